The molecule has 0 unspecified atom stereocenters. The predicted octanol–water partition coefficient (Wildman–Crippen LogP) is 0.510. The van der Waals surface area contributed by atoms with Crippen LogP contribution in [0.1, 0.15) is 24.2 Å². The number of carbonyl (C=O) groups excluding carboxylic acids is 4. The lowest BCUT2D eigenvalue weighted by atomic mass is 10.1. The Morgan fingerprint density at radius 1 is 1.04 bits per heavy atom. The van der Waals surface area contributed by atoms with Crippen LogP contribution in [-0.4, -0.2) is 36.8 Å². The smallest absolute Gasteiger partial charge is 0.338 e. The number of terminal acetylenes is 1. The molecule has 0 fully saturated rings. The van der Waals surface area contributed by atoms with Crippen molar-refractivity contribution in [2.24, 2.45) is 0 Å². The highest BCUT2D eigenvalue weighted by atomic mass is 16.5. The van der Waals surface area contributed by atoms with Crippen LogP contribution >= 0.6 is 0 Å². The number of nitrogens with one attached hydrogen (secondary N) is 3. The third-order valence-electron chi connectivity index (χ3n) is 2.53. The van der Waals surface area contributed by atoms with Gasteiger partial charge in [0.2, 0.25) is 11.8 Å². The van der Waals surface area contributed by atoms with Crippen molar-refractivity contribution >= 4 is 35.1 Å². The van der Waals surface area contributed by atoms with Gasteiger partial charge in [-0.15, -0.1) is 6.42 Å². The second kappa shape index (κ2) is 8.95. The number of amides is 3. The first-order chi connectivity index (χ1) is 11.3. The van der Waals surface area contributed by atoms with Crippen LogP contribution in [0.3, 0.4) is 0 Å². The maximum atomic E-state index is 12.0. The molecule has 126 valence electrons. The summed E-state index contributed by atoms with van der Waals surface area (Å²) in [6.07, 6.45) is 5.00. The van der Waals surface area contributed by atoms with Gasteiger partial charge in [0.05, 0.1) is 12.1 Å². The molecule has 0 aliphatic heterocycles. The maximum Gasteiger partial charge on any atom is 0.338 e. The summed E-state index contributed by atoms with van der Waals surface area (Å²) in [5, 5.41) is 7.36. The highest BCUT2D eigenvalue weighted by molar-refractivity contribution is 5.98. The number of carbonyl (C=O) groups is 4. The molecule has 0 saturated carbocycles. The lowest BCUT2D eigenvalue weighted by Crippen LogP contribution is -2.29. The summed E-state index contributed by atoms with van der Waals surface area (Å²) < 4.78 is 4.86. The Bertz CT molecular complexity index is 672. The van der Waals surface area contributed by atoms with Crippen molar-refractivity contribution in [2.45, 2.75) is 13.8 Å². The molecule has 0 heterocycles. The molecule has 0 spiro atoms. The van der Waals surface area contributed by atoms with Gasteiger partial charge in [-0.1, -0.05) is 5.92 Å². The van der Waals surface area contributed by atoms with Crippen molar-refractivity contribution in [3.05, 3.63) is 23.8 Å². The largest absolute Gasteiger partial charge is 0.452 e. The summed E-state index contributed by atoms with van der Waals surface area (Å²) >= 11 is 0. The average molecular weight is 331 g/mol. The molecule has 0 atom stereocenters. The zero-order chi connectivity index (χ0) is 18.1. The summed E-state index contributed by atoms with van der Waals surface area (Å²) in [5.74, 6) is 0.200. The summed E-state index contributed by atoms with van der Waals surface area (Å²) in [7, 11) is 0. The monoisotopic (exact) mass is 331 g/mol. The van der Waals surface area contributed by atoms with Gasteiger partial charge in [-0.25, -0.2) is 4.79 Å². The van der Waals surface area contributed by atoms with Crippen molar-refractivity contribution in [2.75, 3.05) is 23.8 Å². The first-order valence-corrected chi connectivity index (χ1v) is 6.89. The topological polar surface area (TPSA) is 114 Å². The van der Waals surface area contributed by atoms with E-state index in [2.05, 4.69) is 21.9 Å². The van der Waals surface area contributed by atoms with Crippen LogP contribution in [-0.2, 0) is 19.1 Å². The highest BCUT2D eigenvalue weighted by Crippen LogP contribution is 2.20. The Balaban J connectivity index is 2.89. The Morgan fingerprint density at radius 3 is 2.04 bits per heavy atom. The van der Waals surface area contributed by atoms with Gasteiger partial charge < -0.3 is 20.7 Å². The number of benzene rings is 1. The molecule has 0 aliphatic carbocycles. The molecular weight excluding hydrogens is 314 g/mol. The van der Waals surface area contributed by atoms with Gasteiger partial charge in [0, 0.05) is 25.2 Å². The first-order valence-electron chi connectivity index (χ1n) is 6.89. The number of anilines is 2. The molecule has 0 aliphatic rings. The van der Waals surface area contributed by atoms with E-state index in [1.165, 1.54) is 32.0 Å². The van der Waals surface area contributed by atoms with E-state index in [0.29, 0.717) is 11.4 Å². The van der Waals surface area contributed by atoms with Crippen molar-refractivity contribution in [3.8, 4) is 12.3 Å². The van der Waals surface area contributed by atoms with Gasteiger partial charge in [-0.2, -0.15) is 0 Å². The minimum Gasteiger partial charge on any atom is -0.452 e. The fourth-order valence-corrected chi connectivity index (χ4v) is 1.71. The fourth-order valence-electron chi connectivity index (χ4n) is 1.71. The standard InChI is InChI=1S/C16H17N3O5/c1-4-5-17-15(22)9-24-16(23)12-6-13(18-10(2)20)8-14(7-12)19-11(3)21/h1,6-8H,5,9H2,2-3H3,(H,17,22)(H,18,20)(H,19,21). The van der Waals surface area contributed by atoms with Crippen LogP contribution < -0.4 is 16.0 Å². The second-order valence-corrected chi connectivity index (χ2v) is 4.72. The van der Waals surface area contributed by atoms with Crippen LogP contribution in [0.25, 0.3) is 0 Å². The van der Waals surface area contributed by atoms with E-state index in [9.17, 15) is 19.2 Å². The Labute approximate surface area is 138 Å². The third-order valence-corrected chi connectivity index (χ3v) is 2.53. The van der Waals surface area contributed by atoms with Crippen LogP contribution in [0.4, 0.5) is 11.4 Å². The van der Waals surface area contributed by atoms with Crippen LogP contribution in [0.2, 0.25) is 0 Å². The predicted molar refractivity (Wildman–Crippen MR) is 87.2 cm³/mol. The SMILES string of the molecule is C#CCNC(=O)COC(=O)c1cc(NC(C)=O)cc(NC(C)=O)c1. The Morgan fingerprint density at radius 2 is 1.58 bits per heavy atom. The van der Waals surface area contributed by atoms with Gasteiger partial charge in [0.1, 0.15) is 0 Å². The van der Waals surface area contributed by atoms with E-state index in [1.54, 1.807) is 0 Å². The van der Waals surface area contributed by atoms with Crippen molar-refractivity contribution in [3.63, 3.8) is 0 Å². The molecule has 1 rings (SSSR count). The summed E-state index contributed by atoms with van der Waals surface area (Å²) in [5.41, 5.74) is 0.671. The molecule has 8 heteroatoms. The van der Waals surface area contributed by atoms with Crippen molar-refractivity contribution < 1.29 is 23.9 Å². The minimum absolute atomic E-state index is 0.0288. The van der Waals surface area contributed by atoms with Crippen molar-refractivity contribution in [1.29, 1.82) is 0 Å². The molecule has 24 heavy (non-hydrogen) atoms. The van der Waals surface area contributed by atoms with Crippen molar-refractivity contribution in [1.82, 2.24) is 5.32 Å². The average Bonchev–Trinajstić information content (AvgIpc) is 2.48. The van der Waals surface area contributed by atoms with Gasteiger partial charge in [-0.3, -0.25) is 14.4 Å². The van der Waals surface area contributed by atoms with E-state index in [0.717, 1.165) is 0 Å². The third kappa shape index (κ3) is 6.62. The number of hydrogen-bond donors (Lipinski definition) is 3. The summed E-state index contributed by atoms with van der Waals surface area (Å²) in [6, 6.07) is 4.22. The minimum atomic E-state index is -0.787. The number of hydrogen-bond acceptors (Lipinski definition) is 5. The Kier molecular flexibility index (Phi) is 6.97. The number of rotatable bonds is 6. The molecule has 3 amide bonds. The number of ether oxygens (including phenoxy) is 1. The normalized spacial score (nSPS) is 9.38. The first kappa shape index (κ1) is 18.7. The highest BCUT2D eigenvalue weighted by Gasteiger charge is 2.13. The number of esters is 1. The van der Waals surface area contributed by atoms with Crippen LogP contribution in [0, 0.1) is 12.3 Å². The maximum absolute atomic E-state index is 12.0. The van der Waals surface area contributed by atoms with E-state index >= 15 is 0 Å². The molecule has 0 radical (unpaired) electrons. The van der Waals surface area contributed by atoms with E-state index in [-0.39, 0.29) is 23.9 Å². The van der Waals surface area contributed by atoms with E-state index in [1.807, 2.05) is 0 Å². The Hall–Kier alpha value is -3.34. The van der Waals surface area contributed by atoms with Gasteiger partial charge in [0.15, 0.2) is 6.61 Å². The molecular formula is C16H17N3O5. The fraction of sp³-hybridized carbons (Fsp3) is 0.250. The molecule has 1 aromatic rings. The second-order valence-electron chi connectivity index (χ2n) is 4.72. The van der Waals surface area contributed by atoms with E-state index in [4.69, 9.17) is 11.2 Å². The summed E-state index contributed by atoms with van der Waals surface area (Å²) in [4.78, 5) is 45.7. The van der Waals surface area contributed by atoms with Crippen LogP contribution in [0.5, 0.6) is 0 Å². The van der Waals surface area contributed by atoms with Gasteiger partial charge >= 0.3 is 5.97 Å². The summed E-state index contributed by atoms with van der Waals surface area (Å²) in [6.45, 7) is 2.14. The van der Waals surface area contributed by atoms with Gasteiger partial charge in [0.25, 0.3) is 5.91 Å². The molecule has 0 aromatic heterocycles. The quantitative estimate of drug-likeness (QED) is 0.519. The molecule has 1 aromatic carbocycles. The zero-order valence-corrected chi connectivity index (χ0v) is 13.3. The van der Waals surface area contributed by atoms with Gasteiger partial charge in [-0.05, 0) is 18.2 Å². The van der Waals surface area contributed by atoms with Crippen LogP contribution in [0.15, 0.2) is 18.2 Å². The molecule has 0 saturated heterocycles. The molecule has 0 bridgehead atoms. The van der Waals surface area contributed by atoms with E-state index < -0.39 is 18.5 Å². The lowest BCUT2D eigenvalue weighted by molar-refractivity contribution is -0.124. The zero-order valence-electron chi connectivity index (χ0n) is 13.3. The molecule has 8 nitrogen and oxygen atoms in total. The molecule has 3 N–H and O–H groups in total. The lowest BCUT2D eigenvalue weighted by Gasteiger charge is -2.10.